The lowest BCUT2D eigenvalue weighted by molar-refractivity contribution is 0.0948. The van der Waals surface area contributed by atoms with Gasteiger partial charge in [-0.05, 0) is 25.5 Å². The highest BCUT2D eigenvalue weighted by atomic mass is 35.5. The number of halogens is 1. The summed E-state index contributed by atoms with van der Waals surface area (Å²) in [7, 11) is -0.883. The normalized spacial score (nSPS) is 13.6. The molecule has 0 aromatic carbocycles. The number of anilines is 1. The fourth-order valence-corrected chi connectivity index (χ4v) is 2.16. The maximum absolute atomic E-state index is 12.0. The number of carbonyl (C=O) groups excluding carboxylic acids is 1. The number of hydrogen-bond acceptors (Lipinski definition) is 4. The first-order chi connectivity index (χ1) is 9.45. The summed E-state index contributed by atoms with van der Waals surface area (Å²) in [5.41, 5.74) is 0.204. The molecule has 0 fully saturated rings. The smallest absolute Gasteiger partial charge is 0.271 e. The van der Waals surface area contributed by atoms with Crippen LogP contribution in [0.15, 0.2) is 12.1 Å². The minimum Gasteiger partial charge on any atom is -0.370 e. The third-order valence-corrected chi connectivity index (χ3v) is 4.50. The van der Waals surface area contributed by atoms with Gasteiger partial charge in [-0.3, -0.25) is 9.00 Å². The Balaban J connectivity index is 2.62. The topological polar surface area (TPSA) is 71.1 Å². The van der Waals surface area contributed by atoms with Crippen LogP contribution in [-0.2, 0) is 10.8 Å². The average molecular weight is 318 g/mol. The molecule has 2 atom stereocenters. The SMILES string of the molecule is CCNc1ccc(Cl)c(C(=O)NCCC(C)S(C)=O)n1. The molecule has 0 saturated heterocycles. The van der Waals surface area contributed by atoms with E-state index in [9.17, 15) is 9.00 Å². The van der Waals surface area contributed by atoms with Crippen LogP contribution in [-0.4, -0.2) is 39.7 Å². The van der Waals surface area contributed by atoms with Crippen LogP contribution in [0.3, 0.4) is 0 Å². The van der Waals surface area contributed by atoms with E-state index < -0.39 is 10.8 Å². The molecule has 0 spiro atoms. The zero-order valence-corrected chi connectivity index (χ0v) is 13.5. The minimum absolute atomic E-state index is 0.0480. The van der Waals surface area contributed by atoms with Crippen LogP contribution in [0, 0.1) is 0 Å². The van der Waals surface area contributed by atoms with Gasteiger partial charge < -0.3 is 10.6 Å². The highest BCUT2D eigenvalue weighted by Crippen LogP contribution is 2.16. The van der Waals surface area contributed by atoms with Gasteiger partial charge in [-0.2, -0.15) is 0 Å². The second-order valence-electron chi connectivity index (χ2n) is 4.41. The lowest BCUT2D eigenvalue weighted by Crippen LogP contribution is -2.28. The van der Waals surface area contributed by atoms with Gasteiger partial charge in [-0.1, -0.05) is 18.5 Å². The summed E-state index contributed by atoms with van der Waals surface area (Å²) in [6.07, 6.45) is 2.31. The summed E-state index contributed by atoms with van der Waals surface area (Å²) in [6.45, 7) is 5.00. The van der Waals surface area contributed by atoms with E-state index in [0.29, 0.717) is 23.8 Å². The number of carbonyl (C=O) groups is 1. The first-order valence-electron chi connectivity index (χ1n) is 6.46. The van der Waals surface area contributed by atoms with Gasteiger partial charge in [0.25, 0.3) is 5.91 Å². The van der Waals surface area contributed by atoms with Gasteiger partial charge >= 0.3 is 0 Å². The van der Waals surface area contributed by atoms with Crippen molar-refractivity contribution in [1.82, 2.24) is 10.3 Å². The third-order valence-electron chi connectivity index (χ3n) is 2.82. The Morgan fingerprint density at radius 3 is 2.80 bits per heavy atom. The molecular formula is C13H20ClN3O2S. The van der Waals surface area contributed by atoms with E-state index in [-0.39, 0.29) is 16.9 Å². The zero-order valence-electron chi connectivity index (χ0n) is 11.9. The molecular weight excluding hydrogens is 298 g/mol. The maximum Gasteiger partial charge on any atom is 0.271 e. The first-order valence-corrected chi connectivity index (χ1v) is 8.46. The molecule has 2 unspecified atom stereocenters. The number of amides is 1. The minimum atomic E-state index is -0.883. The highest BCUT2D eigenvalue weighted by Gasteiger charge is 2.13. The molecule has 0 aliphatic carbocycles. The molecule has 1 aromatic heterocycles. The number of nitrogens with one attached hydrogen (secondary N) is 2. The molecule has 0 bridgehead atoms. The summed E-state index contributed by atoms with van der Waals surface area (Å²) in [5.74, 6) is 0.300. The van der Waals surface area contributed by atoms with E-state index >= 15 is 0 Å². The second-order valence-corrected chi connectivity index (χ2v) is 6.62. The van der Waals surface area contributed by atoms with Crippen molar-refractivity contribution >= 4 is 34.1 Å². The molecule has 0 aliphatic heterocycles. The third kappa shape index (κ3) is 5.09. The van der Waals surface area contributed by atoms with Crippen molar-refractivity contribution in [2.75, 3.05) is 24.7 Å². The monoisotopic (exact) mass is 317 g/mol. The van der Waals surface area contributed by atoms with Gasteiger partial charge in [0.15, 0.2) is 0 Å². The molecule has 1 heterocycles. The summed E-state index contributed by atoms with van der Waals surface area (Å²) in [4.78, 5) is 16.2. The number of aromatic nitrogens is 1. The van der Waals surface area contributed by atoms with Crippen LogP contribution in [0.4, 0.5) is 5.82 Å². The Morgan fingerprint density at radius 1 is 1.50 bits per heavy atom. The van der Waals surface area contributed by atoms with Gasteiger partial charge in [-0.25, -0.2) is 4.98 Å². The molecule has 5 nitrogen and oxygen atoms in total. The molecule has 1 rings (SSSR count). The lowest BCUT2D eigenvalue weighted by atomic mass is 10.3. The number of nitrogens with zero attached hydrogens (tertiary/aromatic N) is 1. The Morgan fingerprint density at radius 2 is 2.20 bits per heavy atom. The second kappa shape index (κ2) is 8.21. The van der Waals surface area contributed by atoms with Crippen molar-refractivity contribution in [2.24, 2.45) is 0 Å². The summed E-state index contributed by atoms with van der Waals surface area (Å²) in [5, 5.41) is 6.14. The van der Waals surface area contributed by atoms with Crippen molar-refractivity contribution in [3.05, 3.63) is 22.8 Å². The van der Waals surface area contributed by atoms with E-state index in [2.05, 4.69) is 15.6 Å². The van der Waals surface area contributed by atoms with Crippen molar-refractivity contribution < 1.29 is 9.00 Å². The summed E-state index contributed by atoms with van der Waals surface area (Å²) < 4.78 is 11.2. The van der Waals surface area contributed by atoms with Crippen LogP contribution in [0.2, 0.25) is 5.02 Å². The van der Waals surface area contributed by atoms with Crippen LogP contribution >= 0.6 is 11.6 Å². The molecule has 20 heavy (non-hydrogen) atoms. The Hall–Kier alpha value is -1.14. The van der Waals surface area contributed by atoms with Crippen LogP contribution in [0.5, 0.6) is 0 Å². The molecule has 1 aromatic rings. The van der Waals surface area contributed by atoms with Gasteiger partial charge in [0.1, 0.15) is 11.5 Å². The van der Waals surface area contributed by atoms with Crippen LogP contribution < -0.4 is 10.6 Å². The van der Waals surface area contributed by atoms with Gasteiger partial charge in [0.05, 0.1) is 5.02 Å². The summed E-state index contributed by atoms with van der Waals surface area (Å²) in [6, 6.07) is 3.37. The first kappa shape index (κ1) is 16.9. The number of hydrogen-bond donors (Lipinski definition) is 2. The van der Waals surface area contributed by atoms with E-state index in [4.69, 9.17) is 11.6 Å². The number of rotatable bonds is 7. The fraction of sp³-hybridized carbons (Fsp3) is 0.538. The molecule has 112 valence electrons. The van der Waals surface area contributed by atoms with Gasteiger partial charge in [0, 0.05) is 35.4 Å². The Bertz CT molecular complexity index is 497. The fourth-order valence-electron chi connectivity index (χ4n) is 1.52. The Kier molecular flexibility index (Phi) is 6.95. The molecule has 0 saturated carbocycles. The lowest BCUT2D eigenvalue weighted by Gasteiger charge is -2.10. The maximum atomic E-state index is 12.0. The molecule has 2 N–H and O–H groups in total. The zero-order chi connectivity index (χ0) is 15.1. The van der Waals surface area contributed by atoms with E-state index in [1.54, 1.807) is 18.4 Å². The standard InChI is InChI=1S/C13H20ClN3O2S/c1-4-15-11-6-5-10(14)12(17-11)13(18)16-8-7-9(2)20(3)19/h5-6,9H,4,7-8H2,1-3H3,(H,15,17)(H,16,18). The van der Waals surface area contributed by atoms with Crippen LogP contribution in [0.25, 0.3) is 0 Å². The van der Waals surface area contributed by atoms with Crippen molar-refractivity contribution in [2.45, 2.75) is 25.5 Å². The predicted molar refractivity (Wildman–Crippen MR) is 83.9 cm³/mol. The van der Waals surface area contributed by atoms with Crippen molar-refractivity contribution in [3.63, 3.8) is 0 Å². The highest BCUT2D eigenvalue weighted by molar-refractivity contribution is 7.84. The number of pyridine rings is 1. The Labute approximate surface area is 127 Å². The average Bonchev–Trinajstić information content (AvgIpc) is 2.40. The van der Waals surface area contributed by atoms with Crippen LogP contribution in [0.1, 0.15) is 30.8 Å². The van der Waals surface area contributed by atoms with Gasteiger partial charge in [0.2, 0.25) is 0 Å². The van der Waals surface area contributed by atoms with Gasteiger partial charge in [-0.15, -0.1) is 0 Å². The van der Waals surface area contributed by atoms with Crippen molar-refractivity contribution in [1.29, 1.82) is 0 Å². The van der Waals surface area contributed by atoms with E-state index in [0.717, 1.165) is 6.54 Å². The van der Waals surface area contributed by atoms with Crippen molar-refractivity contribution in [3.8, 4) is 0 Å². The largest absolute Gasteiger partial charge is 0.370 e. The summed E-state index contributed by atoms with van der Waals surface area (Å²) >= 11 is 5.98. The molecule has 7 heteroatoms. The van der Waals surface area contributed by atoms with E-state index in [1.807, 2.05) is 13.8 Å². The molecule has 0 aliphatic rings. The molecule has 0 radical (unpaired) electrons. The quantitative estimate of drug-likeness (QED) is 0.807. The van der Waals surface area contributed by atoms with E-state index in [1.165, 1.54) is 0 Å². The molecule has 1 amide bonds. The predicted octanol–water partition coefficient (Wildman–Crippen LogP) is 2.05.